The zero-order valence-corrected chi connectivity index (χ0v) is 17.9. The number of carbonyl (C=O) groups excluding carboxylic acids is 3. The first-order valence-corrected chi connectivity index (χ1v) is 9.80. The second-order valence-electron chi connectivity index (χ2n) is 7.27. The summed E-state index contributed by atoms with van der Waals surface area (Å²) in [7, 11) is 1.41. The van der Waals surface area contributed by atoms with Gasteiger partial charge < -0.3 is 19.3 Å². The number of rotatable bonds is 9. The lowest BCUT2D eigenvalue weighted by molar-refractivity contribution is -0.159. The molecule has 1 aliphatic carbocycles. The molecule has 0 fully saturated rings. The third kappa shape index (κ3) is 5.33. The number of pyridine rings is 1. The summed E-state index contributed by atoms with van der Waals surface area (Å²) in [4.78, 5) is 42.0. The molecular formula is C21H24F3NO7. The summed E-state index contributed by atoms with van der Waals surface area (Å²) in [5.74, 6) is -3.41. The minimum Gasteiger partial charge on any atom is -0.511 e. The van der Waals surface area contributed by atoms with Crippen LogP contribution in [0.2, 0.25) is 0 Å². The number of aliphatic hydroxyl groups is 1. The largest absolute Gasteiger partial charge is 0.511 e. The van der Waals surface area contributed by atoms with E-state index in [-0.39, 0.29) is 43.9 Å². The van der Waals surface area contributed by atoms with E-state index in [0.29, 0.717) is 6.07 Å². The first-order valence-electron chi connectivity index (χ1n) is 9.80. The number of methoxy groups -OCH3 is 1. The van der Waals surface area contributed by atoms with Gasteiger partial charge in [-0.3, -0.25) is 14.4 Å². The Balaban J connectivity index is 2.47. The van der Waals surface area contributed by atoms with Crippen LogP contribution in [0.5, 0.6) is 0 Å². The summed E-state index contributed by atoms with van der Waals surface area (Å²) in [5, 5.41) is 10.3. The monoisotopic (exact) mass is 459 g/mol. The summed E-state index contributed by atoms with van der Waals surface area (Å²) in [6.45, 7) is 2.57. The van der Waals surface area contributed by atoms with Gasteiger partial charge in [0.2, 0.25) is 5.78 Å². The minimum atomic E-state index is -4.77. The number of Topliss-reactive ketones (excluding diaryl/α,β-unsaturated/α-hetero) is 2. The predicted octanol–water partition coefficient (Wildman–Crippen LogP) is 3.19. The Kier molecular flexibility index (Phi) is 8.13. The highest BCUT2D eigenvalue weighted by atomic mass is 19.4. The van der Waals surface area contributed by atoms with Gasteiger partial charge in [-0.25, -0.2) is 4.98 Å². The quantitative estimate of drug-likeness (QED) is 0.197. The fourth-order valence-electron chi connectivity index (χ4n) is 3.15. The predicted molar refractivity (Wildman–Crippen MR) is 104 cm³/mol. The van der Waals surface area contributed by atoms with Gasteiger partial charge in [0.1, 0.15) is 22.4 Å². The molecule has 32 heavy (non-hydrogen) atoms. The molecule has 0 aromatic carbocycles. The Labute approximate surface area is 182 Å². The van der Waals surface area contributed by atoms with Gasteiger partial charge in [0.15, 0.2) is 5.78 Å². The number of esters is 1. The molecule has 1 atom stereocenters. The highest BCUT2D eigenvalue weighted by Gasteiger charge is 2.49. The van der Waals surface area contributed by atoms with Gasteiger partial charge >= 0.3 is 12.1 Å². The van der Waals surface area contributed by atoms with E-state index in [4.69, 9.17) is 14.2 Å². The van der Waals surface area contributed by atoms with Crippen molar-refractivity contribution < 1.29 is 46.9 Å². The van der Waals surface area contributed by atoms with Crippen LogP contribution in [0.25, 0.3) is 0 Å². The Hall–Kier alpha value is -2.79. The summed E-state index contributed by atoms with van der Waals surface area (Å²) < 4.78 is 54.3. The molecule has 1 N–H and O–H groups in total. The van der Waals surface area contributed by atoms with Crippen molar-refractivity contribution >= 4 is 17.5 Å². The number of ether oxygens (including phenoxy) is 3. The fraction of sp³-hybridized carbons (Fsp3) is 0.524. The molecule has 0 saturated heterocycles. The first kappa shape index (κ1) is 25.5. The molecule has 0 spiro atoms. The van der Waals surface area contributed by atoms with Crippen LogP contribution in [-0.2, 0) is 36.6 Å². The highest BCUT2D eigenvalue weighted by Crippen LogP contribution is 2.38. The Morgan fingerprint density at radius 2 is 1.94 bits per heavy atom. The third-order valence-corrected chi connectivity index (χ3v) is 5.01. The number of hydrogen-bond acceptors (Lipinski definition) is 8. The van der Waals surface area contributed by atoms with Gasteiger partial charge in [-0.1, -0.05) is 0 Å². The number of carbonyl (C=O) groups is 3. The number of alkyl halides is 3. The molecule has 1 aliphatic rings. The summed E-state index contributed by atoms with van der Waals surface area (Å²) in [5.41, 5.74) is -4.34. The smallest absolute Gasteiger partial charge is 0.433 e. The highest BCUT2D eigenvalue weighted by molar-refractivity contribution is 6.31. The normalized spacial score (nSPS) is 19.2. The number of allylic oxidation sites excluding steroid dienone is 2. The second-order valence-corrected chi connectivity index (χ2v) is 7.27. The second kappa shape index (κ2) is 10.2. The van der Waals surface area contributed by atoms with Crippen molar-refractivity contribution in [1.29, 1.82) is 0 Å². The molecule has 1 aromatic rings. The molecular weight excluding hydrogens is 435 g/mol. The number of aliphatic hydroxyl groups excluding tert-OH is 1. The molecule has 1 aromatic heterocycles. The van der Waals surface area contributed by atoms with E-state index in [1.165, 1.54) is 14.0 Å². The van der Waals surface area contributed by atoms with Crippen LogP contribution in [0.1, 0.15) is 48.4 Å². The van der Waals surface area contributed by atoms with Gasteiger partial charge in [-0.2, -0.15) is 13.2 Å². The molecule has 0 aliphatic heterocycles. The average Bonchev–Trinajstić information content (AvgIpc) is 2.73. The van der Waals surface area contributed by atoms with E-state index in [2.05, 4.69) is 4.98 Å². The van der Waals surface area contributed by atoms with E-state index in [0.717, 1.165) is 6.07 Å². The summed E-state index contributed by atoms with van der Waals surface area (Å²) >= 11 is 0. The van der Waals surface area contributed by atoms with Crippen molar-refractivity contribution in [2.75, 3.05) is 26.9 Å². The van der Waals surface area contributed by atoms with Crippen LogP contribution in [-0.4, -0.2) is 54.6 Å². The number of nitrogens with zero attached hydrogens (tertiary/aromatic N) is 1. The summed E-state index contributed by atoms with van der Waals surface area (Å²) in [6.07, 6.45) is -5.01. The van der Waals surface area contributed by atoms with Crippen LogP contribution in [0.15, 0.2) is 23.5 Å². The molecule has 1 heterocycles. The molecule has 2 rings (SSSR count). The van der Waals surface area contributed by atoms with Gasteiger partial charge in [-0.05, 0) is 32.4 Å². The first-order chi connectivity index (χ1) is 15.0. The lowest BCUT2D eigenvalue weighted by Crippen LogP contribution is -2.43. The Bertz CT molecular complexity index is 926. The van der Waals surface area contributed by atoms with Crippen molar-refractivity contribution in [3.63, 3.8) is 0 Å². The maximum Gasteiger partial charge on any atom is 0.433 e. The van der Waals surface area contributed by atoms with Gasteiger partial charge in [0.05, 0.1) is 32.1 Å². The van der Waals surface area contributed by atoms with Crippen molar-refractivity contribution in [2.24, 2.45) is 5.41 Å². The zero-order valence-electron chi connectivity index (χ0n) is 17.9. The van der Waals surface area contributed by atoms with Crippen molar-refractivity contribution in [1.82, 2.24) is 4.98 Å². The van der Waals surface area contributed by atoms with E-state index < -0.39 is 52.8 Å². The van der Waals surface area contributed by atoms with Gasteiger partial charge in [-0.15, -0.1) is 0 Å². The van der Waals surface area contributed by atoms with E-state index in [9.17, 15) is 32.7 Å². The van der Waals surface area contributed by atoms with E-state index in [1.54, 1.807) is 6.92 Å². The molecule has 176 valence electrons. The van der Waals surface area contributed by atoms with Crippen LogP contribution >= 0.6 is 0 Å². The molecule has 0 radical (unpaired) electrons. The number of hydrogen-bond donors (Lipinski definition) is 1. The van der Waals surface area contributed by atoms with Crippen LogP contribution in [0.4, 0.5) is 13.2 Å². The molecule has 0 saturated carbocycles. The lowest BCUT2D eigenvalue weighted by atomic mass is 9.72. The van der Waals surface area contributed by atoms with E-state index in [1.807, 2.05) is 0 Å². The molecule has 1 unspecified atom stereocenters. The molecule has 0 amide bonds. The van der Waals surface area contributed by atoms with Crippen molar-refractivity contribution in [3.05, 3.63) is 40.4 Å². The average molecular weight is 459 g/mol. The maximum atomic E-state index is 13.2. The Morgan fingerprint density at radius 1 is 1.25 bits per heavy atom. The molecule has 0 bridgehead atoms. The number of ketones is 2. The fourth-order valence-corrected chi connectivity index (χ4v) is 3.15. The SMILES string of the molecule is CCOC(=O)C1(C)CCC(O)=C(C(=O)c2ccc(C(F)(F)F)nc2COCCOC)C1=O. The minimum absolute atomic E-state index is 0.00641. The number of aromatic nitrogens is 1. The third-order valence-electron chi connectivity index (χ3n) is 5.01. The zero-order chi connectivity index (χ0) is 24.1. The van der Waals surface area contributed by atoms with Crippen LogP contribution in [0, 0.1) is 5.41 Å². The lowest BCUT2D eigenvalue weighted by Gasteiger charge is -2.30. The standard InChI is InChI=1S/C21H24F3NO7/c1-4-32-19(29)20(2)8-7-14(26)16(18(20)28)17(27)12-5-6-15(21(22,23)24)25-13(12)11-31-10-9-30-3/h5-6,26H,4,7-11H2,1-3H3. The van der Waals surface area contributed by atoms with Crippen molar-refractivity contribution in [3.8, 4) is 0 Å². The molecule has 8 nitrogen and oxygen atoms in total. The topological polar surface area (TPSA) is 112 Å². The molecule has 11 heteroatoms. The van der Waals surface area contributed by atoms with Crippen LogP contribution < -0.4 is 0 Å². The van der Waals surface area contributed by atoms with Gasteiger partial charge in [0.25, 0.3) is 0 Å². The maximum absolute atomic E-state index is 13.2. The summed E-state index contributed by atoms with van der Waals surface area (Å²) in [6, 6.07) is 1.47. The van der Waals surface area contributed by atoms with Crippen molar-refractivity contribution in [2.45, 2.75) is 39.5 Å². The Morgan fingerprint density at radius 3 is 2.53 bits per heavy atom. The number of halogens is 3. The van der Waals surface area contributed by atoms with Crippen LogP contribution in [0.3, 0.4) is 0 Å². The van der Waals surface area contributed by atoms with E-state index >= 15 is 0 Å². The van der Waals surface area contributed by atoms with Gasteiger partial charge in [0, 0.05) is 19.1 Å².